The molecule has 2 N–H and O–H groups in total. The van der Waals surface area contributed by atoms with Crippen molar-refractivity contribution in [3.05, 3.63) is 59.7 Å². The van der Waals surface area contributed by atoms with Crippen LogP contribution in [0, 0.1) is 6.92 Å². The monoisotopic (exact) mass is 339 g/mol. The summed E-state index contributed by atoms with van der Waals surface area (Å²) in [6.45, 7) is 7.89. The van der Waals surface area contributed by atoms with Crippen molar-refractivity contribution < 1.29 is 9.59 Å². The quantitative estimate of drug-likeness (QED) is 0.814. The Kier molecular flexibility index (Phi) is 6.57. The van der Waals surface area contributed by atoms with Gasteiger partial charge in [-0.05, 0) is 56.7 Å². The average molecular weight is 339 g/mol. The van der Waals surface area contributed by atoms with Crippen molar-refractivity contribution in [2.24, 2.45) is 0 Å². The van der Waals surface area contributed by atoms with Crippen molar-refractivity contribution >= 4 is 23.2 Å². The molecule has 5 heteroatoms. The van der Waals surface area contributed by atoms with Gasteiger partial charge in [0.15, 0.2) is 0 Å². The van der Waals surface area contributed by atoms with Gasteiger partial charge in [-0.25, -0.2) is 0 Å². The highest BCUT2D eigenvalue weighted by molar-refractivity contribution is 6.00. The van der Waals surface area contributed by atoms with Gasteiger partial charge in [-0.3, -0.25) is 9.59 Å². The van der Waals surface area contributed by atoms with Crippen LogP contribution in [0.3, 0.4) is 0 Å². The Morgan fingerprint density at radius 3 is 2.20 bits per heavy atom. The van der Waals surface area contributed by atoms with Crippen molar-refractivity contribution in [2.45, 2.75) is 20.8 Å². The molecule has 2 rings (SSSR count). The molecule has 0 saturated heterocycles. The first-order chi connectivity index (χ1) is 12.0. The van der Waals surface area contributed by atoms with E-state index in [1.165, 1.54) is 0 Å². The van der Waals surface area contributed by atoms with E-state index in [0.29, 0.717) is 11.3 Å². The first-order valence-corrected chi connectivity index (χ1v) is 8.53. The lowest BCUT2D eigenvalue weighted by Crippen LogP contribution is -2.33. The lowest BCUT2D eigenvalue weighted by atomic mass is 10.1. The first-order valence-electron chi connectivity index (χ1n) is 8.53. The van der Waals surface area contributed by atoms with Crippen molar-refractivity contribution in [2.75, 3.05) is 29.9 Å². The molecule has 132 valence electrons. The maximum Gasteiger partial charge on any atom is 0.251 e. The number of benzene rings is 2. The van der Waals surface area contributed by atoms with Gasteiger partial charge in [0.05, 0.1) is 6.54 Å². The van der Waals surface area contributed by atoms with Gasteiger partial charge in [-0.2, -0.15) is 0 Å². The number of carbonyl (C=O) groups is 2. The second-order valence-electron chi connectivity index (χ2n) is 5.76. The standard InChI is InChI=1S/C20H25N3O2/c1-4-23(5-2)17-12-10-16(11-13-17)22-19(24)14-21-20(25)18-9-7-6-8-15(18)3/h6-13H,4-5,14H2,1-3H3,(H,21,25)(H,22,24). The Morgan fingerprint density at radius 1 is 0.960 bits per heavy atom. The summed E-state index contributed by atoms with van der Waals surface area (Å²) in [5.74, 6) is -0.498. The first kappa shape index (κ1) is 18.5. The maximum absolute atomic E-state index is 12.1. The minimum Gasteiger partial charge on any atom is -0.372 e. The zero-order valence-electron chi connectivity index (χ0n) is 15.0. The number of anilines is 2. The lowest BCUT2D eigenvalue weighted by molar-refractivity contribution is -0.115. The van der Waals surface area contributed by atoms with E-state index >= 15 is 0 Å². The van der Waals surface area contributed by atoms with E-state index in [0.717, 1.165) is 24.3 Å². The highest BCUT2D eigenvalue weighted by atomic mass is 16.2. The minimum atomic E-state index is -0.252. The molecule has 0 aliphatic carbocycles. The molecule has 0 spiro atoms. The van der Waals surface area contributed by atoms with Crippen LogP contribution in [-0.4, -0.2) is 31.4 Å². The molecule has 25 heavy (non-hydrogen) atoms. The Labute approximate surface area is 149 Å². The summed E-state index contributed by atoms with van der Waals surface area (Å²) in [6, 6.07) is 15.0. The lowest BCUT2D eigenvalue weighted by Gasteiger charge is -2.21. The third-order valence-corrected chi connectivity index (χ3v) is 4.08. The highest BCUT2D eigenvalue weighted by Crippen LogP contribution is 2.17. The number of hydrogen-bond acceptors (Lipinski definition) is 3. The van der Waals surface area contributed by atoms with E-state index in [1.54, 1.807) is 12.1 Å². The van der Waals surface area contributed by atoms with Crippen LogP contribution < -0.4 is 15.5 Å². The van der Waals surface area contributed by atoms with Crippen LogP contribution in [0.4, 0.5) is 11.4 Å². The van der Waals surface area contributed by atoms with Gasteiger partial charge in [0.2, 0.25) is 5.91 Å². The van der Waals surface area contributed by atoms with Gasteiger partial charge in [0, 0.05) is 30.0 Å². The summed E-state index contributed by atoms with van der Waals surface area (Å²) < 4.78 is 0. The molecule has 2 amide bonds. The fourth-order valence-corrected chi connectivity index (χ4v) is 2.63. The average Bonchev–Trinajstić information content (AvgIpc) is 2.62. The number of carbonyl (C=O) groups excluding carboxylic acids is 2. The second-order valence-corrected chi connectivity index (χ2v) is 5.76. The van der Waals surface area contributed by atoms with E-state index in [-0.39, 0.29) is 18.4 Å². The number of aryl methyl sites for hydroxylation is 1. The van der Waals surface area contributed by atoms with Crippen molar-refractivity contribution in [1.29, 1.82) is 0 Å². The van der Waals surface area contributed by atoms with Crippen LogP contribution >= 0.6 is 0 Å². The van der Waals surface area contributed by atoms with Gasteiger partial charge < -0.3 is 15.5 Å². The Bertz CT molecular complexity index is 722. The number of nitrogens with one attached hydrogen (secondary N) is 2. The fraction of sp³-hybridized carbons (Fsp3) is 0.300. The normalized spacial score (nSPS) is 10.2. The zero-order valence-corrected chi connectivity index (χ0v) is 15.0. The molecule has 0 radical (unpaired) electrons. The third kappa shape index (κ3) is 5.08. The molecule has 0 atom stereocenters. The molecule has 0 aliphatic rings. The molecule has 0 unspecified atom stereocenters. The van der Waals surface area contributed by atoms with Gasteiger partial charge in [-0.1, -0.05) is 18.2 Å². The van der Waals surface area contributed by atoms with E-state index in [1.807, 2.05) is 43.3 Å². The van der Waals surface area contributed by atoms with Crippen LogP contribution in [0.25, 0.3) is 0 Å². The fourth-order valence-electron chi connectivity index (χ4n) is 2.63. The minimum absolute atomic E-state index is 0.0645. The second kappa shape index (κ2) is 8.87. The molecule has 0 aromatic heterocycles. The molecule has 2 aromatic rings. The summed E-state index contributed by atoms with van der Waals surface area (Å²) in [4.78, 5) is 26.4. The summed E-state index contributed by atoms with van der Waals surface area (Å²) in [7, 11) is 0. The Balaban J connectivity index is 1.88. The van der Waals surface area contributed by atoms with Crippen molar-refractivity contribution in [3.8, 4) is 0 Å². The van der Waals surface area contributed by atoms with Gasteiger partial charge in [-0.15, -0.1) is 0 Å². The molecule has 0 bridgehead atoms. The number of hydrogen-bond donors (Lipinski definition) is 2. The molecule has 0 saturated carbocycles. The van der Waals surface area contributed by atoms with Gasteiger partial charge in [0.1, 0.15) is 0 Å². The summed E-state index contributed by atoms with van der Waals surface area (Å²) in [6.07, 6.45) is 0. The van der Waals surface area contributed by atoms with E-state index in [9.17, 15) is 9.59 Å². The maximum atomic E-state index is 12.1. The topological polar surface area (TPSA) is 61.4 Å². The van der Waals surface area contributed by atoms with Crippen molar-refractivity contribution in [3.63, 3.8) is 0 Å². The molecule has 0 aliphatic heterocycles. The molecule has 0 heterocycles. The molecular formula is C20H25N3O2. The van der Waals surface area contributed by atoms with Crippen LogP contribution in [-0.2, 0) is 4.79 Å². The Hall–Kier alpha value is -2.82. The highest BCUT2D eigenvalue weighted by Gasteiger charge is 2.10. The SMILES string of the molecule is CCN(CC)c1ccc(NC(=O)CNC(=O)c2ccccc2C)cc1. The van der Waals surface area contributed by atoms with Crippen molar-refractivity contribution in [1.82, 2.24) is 5.32 Å². The predicted molar refractivity (Wildman–Crippen MR) is 102 cm³/mol. The Morgan fingerprint density at radius 2 is 1.60 bits per heavy atom. The van der Waals surface area contributed by atoms with E-state index in [4.69, 9.17) is 0 Å². The summed E-state index contributed by atoms with van der Waals surface area (Å²) in [5.41, 5.74) is 3.30. The number of rotatable bonds is 7. The number of nitrogens with zero attached hydrogens (tertiary/aromatic N) is 1. The third-order valence-electron chi connectivity index (χ3n) is 4.08. The van der Waals surface area contributed by atoms with Crippen LogP contribution in [0.1, 0.15) is 29.8 Å². The van der Waals surface area contributed by atoms with Crippen LogP contribution in [0.2, 0.25) is 0 Å². The molecule has 5 nitrogen and oxygen atoms in total. The molecule has 0 fully saturated rings. The molecular weight excluding hydrogens is 314 g/mol. The largest absolute Gasteiger partial charge is 0.372 e. The van der Waals surface area contributed by atoms with E-state index < -0.39 is 0 Å². The van der Waals surface area contributed by atoms with Gasteiger partial charge in [0.25, 0.3) is 5.91 Å². The predicted octanol–water partition coefficient (Wildman–Crippen LogP) is 3.21. The zero-order chi connectivity index (χ0) is 18.2. The van der Waals surface area contributed by atoms with Crippen LogP contribution in [0.5, 0.6) is 0 Å². The van der Waals surface area contributed by atoms with E-state index in [2.05, 4.69) is 29.4 Å². The number of amides is 2. The summed E-state index contributed by atoms with van der Waals surface area (Å²) >= 11 is 0. The summed E-state index contributed by atoms with van der Waals surface area (Å²) in [5, 5.41) is 5.44. The smallest absolute Gasteiger partial charge is 0.251 e. The van der Waals surface area contributed by atoms with Gasteiger partial charge >= 0.3 is 0 Å². The van der Waals surface area contributed by atoms with Crippen LogP contribution in [0.15, 0.2) is 48.5 Å². The molecule has 2 aromatic carbocycles.